The van der Waals surface area contributed by atoms with Gasteiger partial charge in [-0.3, -0.25) is 4.79 Å². The van der Waals surface area contributed by atoms with Gasteiger partial charge in [-0.25, -0.2) is 0 Å². The Kier molecular flexibility index (Phi) is 4.43. The van der Waals surface area contributed by atoms with Crippen LogP contribution in [0.4, 0.5) is 0 Å². The summed E-state index contributed by atoms with van der Waals surface area (Å²) in [5.41, 5.74) is 0.513. The Labute approximate surface area is 99.8 Å². The summed E-state index contributed by atoms with van der Waals surface area (Å²) >= 11 is 11.6. The Bertz CT molecular complexity index is 354. The first-order chi connectivity index (χ1) is 7.07. The number of hydrogen-bond donors (Lipinski definition) is 0. The van der Waals surface area contributed by atoms with Crippen LogP contribution in [-0.4, -0.2) is 29.8 Å². The molecule has 0 saturated heterocycles. The lowest BCUT2D eigenvalue weighted by molar-refractivity contribution is 0.0757. The van der Waals surface area contributed by atoms with Crippen LogP contribution in [0.25, 0.3) is 0 Å². The van der Waals surface area contributed by atoms with E-state index in [0.29, 0.717) is 16.5 Å². The van der Waals surface area contributed by atoms with Crippen LogP contribution >= 0.6 is 23.2 Å². The highest BCUT2D eigenvalue weighted by atomic mass is 35.5. The van der Waals surface area contributed by atoms with Gasteiger partial charge in [0.1, 0.15) is 0 Å². The lowest BCUT2D eigenvalue weighted by atomic mass is 10.2. The molecule has 82 valence electrons. The number of amides is 1. The second kappa shape index (κ2) is 5.38. The zero-order valence-electron chi connectivity index (χ0n) is 8.71. The molecule has 0 aliphatic heterocycles. The van der Waals surface area contributed by atoms with Crippen molar-refractivity contribution in [2.75, 3.05) is 12.9 Å². The van der Waals surface area contributed by atoms with E-state index in [1.54, 1.807) is 36.2 Å². The molecule has 0 radical (unpaired) electrons. The molecule has 1 rings (SSSR count). The van der Waals surface area contributed by atoms with E-state index in [2.05, 4.69) is 0 Å². The van der Waals surface area contributed by atoms with E-state index in [9.17, 15) is 4.79 Å². The fourth-order valence-corrected chi connectivity index (χ4v) is 1.55. The van der Waals surface area contributed by atoms with Gasteiger partial charge in [-0.2, -0.15) is 0 Å². The molecule has 1 aromatic carbocycles. The Morgan fingerprint density at radius 3 is 2.60 bits per heavy atom. The molecule has 1 amide bonds. The van der Waals surface area contributed by atoms with Gasteiger partial charge in [0, 0.05) is 19.0 Å². The quantitative estimate of drug-likeness (QED) is 0.750. The van der Waals surface area contributed by atoms with Crippen molar-refractivity contribution in [2.24, 2.45) is 0 Å². The molecule has 15 heavy (non-hydrogen) atoms. The fraction of sp³-hybridized carbons (Fsp3) is 0.364. The third-order valence-corrected chi connectivity index (χ3v) is 3.09. The molecule has 1 atom stereocenters. The molecule has 0 fully saturated rings. The van der Waals surface area contributed by atoms with E-state index >= 15 is 0 Å². The van der Waals surface area contributed by atoms with Crippen LogP contribution in [0, 0.1) is 0 Å². The van der Waals surface area contributed by atoms with Crippen molar-refractivity contribution >= 4 is 29.1 Å². The number of carbonyl (C=O) groups excluding carboxylic acids is 1. The molecule has 1 aromatic rings. The summed E-state index contributed by atoms with van der Waals surface area (Å²) in [7, 11) is 1.72. The Morgan fingerprint density at radius 2 is 2.07 bits per heavy atom. The summed E-state index contributed by atoms with van der Waals surface area (Å²) in [6.07, 6.45) is 0. The first kappa shape index (κ1) is 12.3. The Hall–Kier alpha value is -0.730. The molecular formula is C11H13Cl2NO. The van der Waals surface area contributed by atoms with Crippen LogP contribution in [0.5, 0.6) is 0 Å². The molecule has 0 spiro atoms. The Balaban J connectivity index is 2.90. The van der Waals surface area contributed by atoms with Crippen molar-refractivity contribution in [2.45, 2.75) is 13.0 Å². The molecule has 0 aliphatic rings. The van der Waals surface area contributed by atoms with Crippen LogP contribution < -0.4 is 0 Å². The predicted molar refractivity (Wildman–Crippen MR) is 63.7 cm³/mol. The van der Waals surface area contributed by atoms with Gasteiger partial charge in [0.15, 0.2) is 0 Å². The summed E-state index contributed by atoms with van der Waals surface area (Å²) in [4.78, 5) is 13.5. The third kappa shape index (κ3) is 2.86. The van der Waals surface area contributed by atoms with Gasteiger partial charge in [-0.05, 0) is 19.1 Å². The summed E-state index contributed by atoms with van der Waals surface area (Å²) < 4.78 is 0. The van der Waals surface area contributed by atoms with Gasteiger partial charge in [0.05, 0.1) is 10.6 Å². The third-order valence-electron chi connectivity index (χ3n) is 2.31. The lowest BCUT2D eigenvalue weighted by Gasteiger charge is -2.23. The SMILES string of the molecule is CC(CCl)N(C)C(=O)c1ccccc1Cl. The van der Waals surface area contributed by atoms with E-state index in [1.807, 2.05) is 6.92 Å². The van der Waals surface area contributed by atoms with Gasteiger partial charge in [-0.1, -0.05) is 23.7 Å². The van der Waals surface area contributed by atoms with E-state index < -0.39 is 0 Å². The van der Waals surface area contributed by atoms with Gasteiger partial charge in [0.2, 0.25) is 0 Å². The molecule has 0 aromatic heterocycles. The second-order valence-electron chi connectivity index (χ2n) is 3.40. The number of nitrogens with zero attached hydrogens (tertiary/aromatic N) is 1. The average molecular weight is 246 g/mol. The van der Waals surface area contributed by atoms with Gasteiger partial charge >= 0.3 is 0 Å². The van der Waals surface area contributed by atoms with Crippen molar-refractivity contribution in [1.82, 2.24) is 4.90 Å². The molecule has 0 aliphatic carbocycles. The van der Waals surface area contributed by atoms with E-state index in [0.717, 1.165) is 0 Å². The van der Waals surface area contributed by atoms with Crippen LogP contribution in [0.3, 0.4) is 0 Å². The highest BCUT2D eigenvalue weighted by Crippen LogP contribution is 2.17. The summed E-state index contributed by atoms with van der Waals surface area (Å²) in [5, 5.41) is 0.469. The second-order valence-corrected chi connectivity index (χ2v) is 4.12. The number of carbonyl (C=O) groups is 1. The molecule has 4 heteroatoms. The summed E-state index contributed by atoms with van der Waals surface area (Å²) in [6, 6.07) is 6.99. The van der Waals surface area contributed by atoms with Crippen molar-refractivity contribution in [3.63, 3.8) is 0 Å². The fourth-order valence-electron chi connectivity index (χ4n) is 1.13. The van der Waals surface area contributed by atoms with Gasteiger partial charge in [0.25, 0.3) is 5.91 Å². The minimum absolute atomic E-state index is 0.00422. The molecule has 1 unspecified atom stereocenters. The maximum absolute atomic E-state index is 11.9. The molecule has 0 N–H and O–H groups in total. The zero-order chi connectivity index (χ0) is 11.4. The highest BCUT2D eigenvalue weighted by Gasteiger charge is 2.18. The standard InChI is InChI=1S/C11H13Cl2NO/c1-8(7-12)14(2)11(15)9-5-3-4-6-10(9)13/h3-6,8H,7H2,1-2H3. The topological polar surface area (TPSA) is 20.3 Å². The normalized spacial score (nSPS) is 12.3. The van der Waals surface area contributed by atoms with Crippen molar-refractivity contribution in [3.8, 4) is 0 Å². The minimum atomic E-state index is -0.103. The first-order valence-electron chi connectivity index (χ1n) is 4.65. The van der Waals surface area contributed by atoms with E-state index in [-0.39, 0.29) is 11.9 Å². The molecule has 0 saturated carbocycles. The van der Waals surface area contributed by atoms with Crippen LogP contribution in [0.2, 0.25) is 5.02 Å². The maximum Gasteiger partial charge on any atom is 0.255 e. The summed E-state index contributed by atoms with van der Waals surface area (Å²) in [5.74, 6) is 0.306. The number of halogens is 2. The van der Waals surface area contributed by atoms with Crippen LogP contribution in [0.1, 0.15) is 17.3 Å². The average Bonchev–Trinajstić information content (AvgIpc) is 2.26. The largest absolute Gasteiger partial charge is 0.338 e. The molecule has 2 nitrogen and oxygen atoms in total. The first-order valence-corrected chi connectivity index (χ1v) is 5.56. The monoisotopic (exact) mass is 245 g/mol. The van der Waals surface area contributed by atoms with E-state index in [4.69, 9.17) is 23.2 Å². The van der Waals surface area contributed by atoms with Crippen molar-refractivity contribution in [3.05, 3.63) is 34.9 Å². The Morgan fingerprint density at radius 1 is 1.47 bits per heavy atom. The zero-order valence-corrected chi connectivity index (χ0v) is 10.2. The maximum atomic E-state index is 11.9. The number of rotatable bonds is 3. The van der Waals surface area contributed by atoms with Crippen molar-refractivity contribution < 1.29 is 4.79 Å². The van der Waals surface area contributed by atoms with Crippen LogP contribution in [-0.2, 0) is 0 Å². The number of hydrogen-bond acceptors (Lipinski definition) is 1. The molecule has 0 heterocycles. The van der Waals surface area contributed by atoms with Gasteiger partial charge < -0.3 is 4.90 Å². The van der Waals surface area contributed by atoms with Crippen molar-refractivity contribution in [1.29, 1.82) is 0 Å². The lowest BCUT2D eigenvalue weighted by Crippen LogP contribution is -2.36. The number of alkyl halides is 1. The smallest absolute Gasteiger partial charge is 0.255 e. The van der Waals surface area contributed by atoms with Gasteiger partial charge in [-0.15, -0.1) is 11.6 Å². The minimum Gasteiger partial charge on any atom is -0.338 e. The van der Waals surface area contributed by atoms with E-state index in [1.165, 1.54) is 0 Å². The predicted octanol–water partition coefficient (Wildman–Crippen LogP) is 3.04. The number of benzene rings is 1. The molecule has 0 bridgehead atoms. The molecular weight excluding hydrogens is 233 g/mol. The summed E-state index contributed by atoms with van der Waals surface area (Å²) in [6.45, 7) is 1.89. The highest BCUT2D eigenvalue weighted by molar-refractivity contribution is 6.33. The van der Waals surface area contributed by atoms with Crippen LogP contribution in [0.15, 0.2) is 24.3 Å².